The summed E-state index contributed by atoms with van der Waals surface area (Å²) in [6, 6.07) is 19.4. The summed E-state index contributed by atoms with van der Waals surface area (Å²) in [6.45, 7) is 3.02. The van der Waals surface area contributed by atoms with Gasteiger partial charge in [0.15, 0.2) is 11.2 Å². The summed E-state index contributed by atoms with van der Waals surface area (Å²) in [6.07, 6.45) is 0.201. The van der Waals surface area contributed by atoms with Crippen LogP contribution < -0.4 is 25.7 Å². The molecule has 11 nitrogen and oxygen atoms in total. The van der Waals surface area contributed by atoms with E-state index < -0.39 is 17.4 Å². The zero-order valence-electron chi connectivity index (χ0n) is 26.6. The Labute approximate surface area is 278 Å². The standard InChI is InChI=1S/C35H38ClN5O6/c1-39(2)15-14-37-33(43)26-6-4-5-7-29(26)40-16-18-41(19-17-40)35(45)28(20-23-8-10-24(36)11-9-23)38-34(44)32-22-30(42)27-21-25(46-3)12-13-31(27)47-32/h4-13,21-22,28H,14-20H2,1-3H3,(H,37,43)(H,38,44)/t28-/m1/s1. The number of rotatable bonds is 11. The Morgan fingerprint density at radius 2 is 1.68 bits per heavy atom. The lowest BCUT2D eigenvalue weighted by Crippen LogP contribution is -2.55. The number of carbonyl (C=O) groups excluding carboxylic acids is 3. The molecule has 1 aromatic heterocycles. The van der Waals surface area contributed by atoms with Crippen molar-refractivity contribution >= 4 is 46.0 Å². The SMILES string of the molecule is COc1ccc2oc(C(=O)N[C@H](Cc3ccc(Cl)cc3)C(=O)N3CCN(c4ccccc4C(=O)NCCN(C)C)CC3)cc(=O)c2c1. The molecule has 0 aliphatic carbocycles. The molecule has 1 aliphatic rings. The second-order valence-corrected chi connectivity index (χ2v) is 12.0. The van der Waals surface area contributed by atoms with Crippen LogP contribution in [0.5, 0.6) is 5.75 Å². The lowest BCUT2D eigenvalue weighted by molar-refractivity contribution is -0.133. The molecular formula is C35H38ClN5O6. The van der Waals surface area contributed by atoms with E-state index in [9.17, 15) is 19.2 Å². The monoisotopic (exact) mass is 659 g/mol. The molecule has 2 N–H and O–H groups in total. The fraction of sp³-hybridized carbons (Fsp3) is 0.314. The predicted octanol–water partition coefficient (Wildman–Crippen LogP) is 3.44. The van der Waals surface area contributed by atoms with Crippen molar-refractivity contribution in [2.24, 2.45) is 0 Å². The topological polar surface area (TPSA) is 124 Å². The fourth-order valence-electron chi connectivity index (χ4n) is 5.48. The van der Waals surface area contributed by atoms with Crippen LogP contribution in [0.3, 0.4) is 0 Å². The Morgan fingerprint density at radius 3 is 2.38 bits per heavy atom. The maximum atomic E-state index is 14.0. The van der Waals surface area contributed by atoms with E-state index in [1.165, 1.54) is 7.11 Å². The summed E-state index contributed by atoms with van der Waals surface area (Å²) in [5.74, 6) is -0.809. The first-order valence-electron chi connectivity index (χ1n) is 15.4. The van der Waals surface area contributed by atoms with Gasteiger partial charge in [-0.15, -0.1) is 0 Å². The van der Waals surface area contributed by atoms with E-state index in [-0.39, 0.29) is 35.0 Å². The number of para-hydroxylation sites is 1. The van der Waals surface area contributed by atoms with Crippen molar-refractivity contribution < 1.29 is 23.5 Å². The van der Waals surface area contributed by atoms with Crippen molar-refractivity contribution in [1.29, 1.82) is 0 Å². The minimum absolute atomic E-state index is 0.147. The van der Waals surface area contributed by atoms with E-state index in [1.807, 2.05) is 37.2 Å². The molecule has 0 bridgehead atoms. The van der Waals surface area contributed by atoms with E-state index >= 15 is 0 Å². The highest BCUT2D eigenvalue weighted by molar-refractivity contribution is 6.30. The second-order valence-electron chi connectivity index (χ2n) is 11.6. The number of anilines is 1. The van der Waals surface area contributed by atoms with Gasteiger partial charge in [0.05, 0.1) is 18.1 Å². The van der Waals surface area contributed by atoms with Crippen molar-refractivity contribution in [1.82, 2.24) is 20.4 Å². The van der Waals surface area contributed by atoms with Crippen molar-refractivity contribution in [3.63, 3.8) is 0 Å². The normalized spacial score (nSPS) is 13.8. The van der Waals surface area contributed by atoms with Gasteiger partial charge in [-0.3, -0.25) is 19.2 Å². The zero-order valence-corrected chi connectivity index (χ0v) is 27.4. The van der Waals surface area contributed by atoms with Crippen molar-refractivity contribution in [2.45, 2.75) is 12.5 Å². The van der Waals surface area contributed by atoms with E-state index in [2.05, 4.69) is 15.5 Å². The number of methoxy groups -OCH3 is 1. The van der Waals surface area contributed by atoms with E-state index in [0.717, 1.165) is 23.9 Å². The molecule has 1 atom stereocenters. The first kappa shape index (κ1) is 33.5. The number of hydrogen-bond donors (Lipinski definition) is 2. The van der Waals surface area contributed by atoms with E-state index in [0.29, 0.717) is 49.1 Å². The Hall–Kier alpha value is -4.87. The summed E-state index contributed by atoms with van der Waals surface area (Å²) in [5, 5.41) is 6.62. The number of ether oxygens (including phenoxy) is 1. The van der Waals surface area contributed by atoms with E-state index in [1.54, 1.807) is 53.4 Å². The largest absolute Gasteiger partial charge is 0.497 e. The van der Waals surface area contributed by atoms with Crippen LogP contribution in [0.4, 0.5) is 5.69 Å². The number of likely N-dealkylation sites (N-methyl/N-ethyl adjacent to an activating group) is 1. The molecule has 0 radical (unpaired) electrons. The van der Waals surface area contributed by atoms with Crippen LogP contribution in [0.2, 0.25) is 5.02 Å². The summed E-state index contributed by atoms with van der Waals surface area (Å²) in [5.41, 5.74) is 2.00. The predicted molar refractivity (Wildman–Crippen MR) is 182 cm³/mol. The van der Waals surface area contributed by atoms with Crippen LogP contribution in [0.15, 0.2) is 82.0 Å². The van der Waals surface area contributed by atoms with Crippen LogP contribution in [0, 0.1) is 0 Å². The summed E-state index contributed by atoms with van der Waals surface area (Å²) in [4.78, 5) is 59.0. The van der Waals surface area contributed by atoms with Crippen LogP contribution in [-0.2, 0) is 11.2 Å². The van der Waals surface area contributed by atoms with Gasteiger partial charge in [0.2, 0.25) is 5.91 Å². The molecule has 0 saturated carbocycles. The number of halogens is 1. The quantitative estimate of drug-likeness (QED) is 0.251. The number of nitrogens with zero attached hydrogens (tertiary/aromatic N) is 3. The first-order valence-corrected chi connectivity index (χ1v) is 15.7. The molecule has 3 amide bonds. The average molecular weight is 660 g/mol. The van der Waals surface area contributed by atoms with Crippen molar-refractivity contribution in [2.75, 3.05) is 65.4 Å². The first-order chi connectivity index (χ1) is 22.6. The number of amides is 3. The van der Waals surface area contributed by atoms with Gasteiger partial charge in [-0.2, -0.15) is 0 Å². The highest BCUT2D eigenvalue weighted by Crippen LogP contribution is 2.23. The summed E-state index contributed by atoms with van der Waals surface area (Å²) < 4.78 is 11.0. The molecule has 246 valence electrons. The number of fused-ring (bicyclic) bond motifs is 1. The van der Waals surface area contributed by atoms with Crippen molar-refractivity contribution in [3.8, 4) is 5.75 Å². The Bertz CT molecular complexity index is 1800. The Kier molecular flexibility index (Phi) is 10.8. The van der Waals surface area contributed by atoms with Gasteiger partial charge >= 0.3 is 0 Å². The maximum Gasteiger partial charge on any atom is 0.287 e. The number of piperazine rings is 1. The second kappa shape index (κ2) is 15.1. The molecule has 1 aliphatic heterocycles. The van der Waals surface area contributed by atoms with Crippen LogP contribution in [-0.4, -0.2) is 94.0 Å². The highest BCUT2D eigenvalue weighted by atomic mass is 35.5. The number of hydrogen-bond acceptors (Lipinski definition) is 8. The van der Waals surface area contributed by atoms with Gasteiger partial charge in [-0.05, 0) is 62.1 Å². The molecule has 4 aromatic rings. The number of nitrogens with one attached hydrogen (secondary N) is 2. The Balaban J connectivity index is 1.31. The lowest BCUT2D eigenvalue weighted by Gasteiger charge is -2.38. The lowest BCUT2D eigenvalue weighted by atomic mass is 10.0. The molecule has 3 aromatic carbocycles. The van der Waals surface area contributed by atoms with Gasteiger partial charge < -0.3 is 34.5 Å². The minimum Gasteiger partial charge on any atom is -0.497 e. The van der Waals surface area contributed by atoms with Crippen LogP contribution in [0.25, 0.3) is 11.0 Å². The van der Waals surface area contributed by atoms with Gasteiger partial charge in [0, 0.05) is 62.5 Å². The molecule has 47 heavy (non-hydrogen) atoms. The zero-order chi connectivity index (χ0) is 33.5. The molecule has 0 unspecified atom stereocenters. The van der Waals surface area contributed by atoms with Crippen LogP contribution in [0.1, 0.15) is 26.5 Å². The summed E-state index contributed by atoms with van der Waals surface area (Å²) in [7, 11) is 5.39. The third kappa shape index (κ3) is 8.30. The number of benzene rings is 3. The molecule has 2 heterocycles. The van der Waals surface area contributed by atoms with Crippen LogP contribution >= 0.6 is 11.6 Å². The van der Waals surface area contributed by atoms with Gasteiger partial charge in [-0.1, -0.05) is 35.9 Å². The van der Waals surface area contributed by atoms with Gasteiger partial charge in [0.1, 0.15) is 17.4 Å². The fourth-order valence-corrected chi connectivity index (χ4v) is 5.60. The third-order valence-corrected chi connectivity index (χ3v) is 8.29. The highest BCUT2D eigenvalue weighted by Gasteiger charge is 2.31. The van der Waals surface area contributed by atoms with Crippen molar-refractivity contribution in [3.05, 3.63) is 105 Å². The minimum atomic E-state index is -0.943. The third-order valence-electron chi connectivity index (χ3n) is 8.04. The molecule has 0 spiro atoms. The van der Waals surface area contributed by atoms with E-state index in [4.69, 9.17) is 20.8 Å². The number of carbonyl (C=O) groups is 3. The summed E-state index contributed by atoms with van der Waals surface area (Å²) >= 11 is 6.08. The molecule has 1 fully saturated rings. The van der Waals surface area contributed by atoms with Gasteiger partial charge in [-0.25, -0.2) is 0 Å². The maximum absolute atomic E-state index is 14.0. The molecule has 12 heteroatoms. The average Bonchev–Trinajstić information content (AvgIpc) is 3.08. The van der Waals surface area contributed by atoms with Gasteiger partial charge in [0.25, 0.3) is 11.8 Å². The Morgan fingerprint density at radius 1 is 0.957 bits per heavy atom. The molecule has 1 saturated heterocycles. The molecule has 5 rings (SSSR count). The molecular weight excluding hydrogens is 622 g/mol. The smallest absolute Gasteiger partial charge is 0.287 e.